The summed E-state index contributed by atoms with van der Waals surface area (Å²) in [5.41, 5.74) is 0.0623. The van der Waals surface area contributed by atoms with Crippen LogP contribution in [0.5, 0.6) is 0 Å². The Morgan fingerprint density at radius 3 is 2.54 bits per heavy atom. The summed E-state index contributed by atoms with van der Waals surface area (Å²) in [5, 5.41) is 51.8. The van der Waals surface area contributed by atoms with Crippen molar-refractivity contribution in [3.63, 3.8) is 0 Å². The largest absolute Gasteiger partial charge is 0.468 e. The van der Waals surface area contributed by atoms with Crippen LogP contribution in [-0.4, -0.2) is 136 Å². The highest BCUT2D eigenvalue weighted by atomic mass is 32.1. The van der Waals surface area contributed by atoms with Crippen molar-refractivity contribution in [1.82, 2.24) is 20.1 Å². The van der Waals surface area contributed by atoms with Crippen molar-refractivity contribution in [1.29, 1.82) is 0 Å². The number of carbonyl (C=O) groups is 2. The van der Waals surface area contributed by atoms with Crippen molar-refractivity contribution in [3.8, 4) is 0 Å². The molecule has 11 atom stereocenters. The number of piperidine rings is 1. The summed E-state index contributed by atoms with van der Waals surface area (Å²) in [6.07, 6.45) is 5.15. The van der Waals surface area contributed by atoms with Crippen LogP contribution in [-0.2, 0) is 31.6 Å². The lowest BCUT2D eigenvalue weighted by Crippen LogP contribution is -2.81. The Morgan fingerprint density at radius 1 is 1.07 bits per heavy atom. The number of methoxy groups -OCH3 is 1. The van der Waals surface area contributed by atoms with Gasteiger partial charge in [0.15, 0.2) is 5.60 Å². The fourth-order valence-corrected chi connectivity index (χ4v) is 13.5. The van der Waals surface area contributed by atoms with E-state index < -0.39 is 51.6 Å². The molecule has 2 saturated heterocycles. The van der Waals surface area contributed by atoms with E-state index in [4.69, 9.17) is 4.74 Å². The van der Waals surface area contributed by atoms with Crippen LogP contribution in [0.1, 0.15) is 80.8 Å². The van der Waals surface area contributed by atoms with Gasteiger partial charge in [-0.2, -0.15) is 13.5 Å². The van der Waals surface area contributed by atoms with Crippen LogP contribution in [0, 0.1) is 18.3 Å². The molecule has 1 aromatic heterocycles. The molecular formula is C46H63N5O7S. The number of H-pyrrole nitrogens is 1. The summed E-state index contributed by atoms with van der Waals surface area (Å²) in [6, 6.07) is 11.4. The first-order valence-corrected chi connectivity index (χ1v) is 21.4. The second-order valence-corrected chi connectivity index (χ2v) is 18.8. The van der Waals surface area contributed by atoms with E-state index >= 15 is 4.79 Å². The maximum atomic E-state index is 15.3. The molecule has 6 unspecified atom stereocenters. The van der Waals surface area contributed by atoms with Crippen LogP contribution in [0.3, 0.4) is 0 Å². The molecule has 6 N–H and O–H groups in total. The third-order valence-corrected chi connectivity index (χ3v) is 15.8. The number of likely N-dealkylation sites (N-methyl/N-ethyl adjacent to an activating group) is 1. The number of nitrogens with one attached hydrogen (secondary N) is 2. The minimum Gasteiger partial charge on any atom is -0.468 e. The molecule has 1 saturated carbocycles. The first-order valence-electron chi connectivity index (χ1n) is 21.4. The molecule has 3 aromatic rings. The number of benzene rings is 2. The number of aliphatic hydroxyl groups is 4. The third-order valence-electron chi connectivity index (χ3n) is 15.8. The number of aliphatic hydroxyl groups excluding tert-OH is 2. The van der Waals surface area contributed by atoms with E-state index in [0.717, 1.165) is 57.6 Å². The smallest absolute Gasteiger partial charge is 0.322 e. The fraction of sp³-hybridized carbons (Fsp3) is 0.609. The Balaban J connectivity index is 0.00000484. The third kappa shape index (κ3) is 5.64. The van der Waals surface area contributed by atoms with Gasteiger partial charge in [-0.05, 0) is 99.2 Å². The summed E-state index contributed by atoms with van der Waals surface area (Å²) in [6.45, 7) is 11.1. The number of aromatic amines is 1. The Bertz CT molecular complexity index is 2190. The van der Waals surface area contributed by atoms with Crippen molar-refractivity contribution in [2.75, 3.05) is 58.3 Å². The molecule has 2 bridgehead atoms. The predicted octanol–water partition coefficient (Wildman–Crippen LogP) is 3.16. The van der Waals surface area contributed by atoms with Gasteiger partial charge in [0.1, 0.15) is 11.5 Å². The zero-order valence-corrected chi connectivity index (χ0v) is 36.3. The van der Waals surface area contributed by atoms with Gasteiger partial charge in [-0.15, -0.1) is 0 Å². The van der Waals surface area contributed by atoms with Gasteiger partial charge >= 0.3 is 5.97 Å². The molecule has 5 aliphatic heterocycles. The second kappa shape index (κ2) is 14.6. The molecule has 59 heavy (non-hydrogen) atoms. The zero-order valence-electron chi connectivity index (χ0n) is 35.3. The molecule has 0 radical (unpaired) electrons. The number of nitrogens with zero attached hydrogens (tertiary/aromatic N) is 3. The lowest BCUT2D eigenvalue weighted by Gasteiger charge is -2.63. The highest BCUT2D eigenvalue weighted by molar-refractivity contribution is 7.59. The summed E-state index contributed by atoms with van der Waals surface area (Å²) < 4.78 is 5.95. The molecule has 12 nitrogen and oxygen atoms in total. The number of aryl methyl sites for hydroxylation is 1. The number of ether oxygens (including phenoxy) is 1. The number of para-hydroxylation sites is 1. The molecule has 1 spiro atoms. The number of rotatable bonds is 7. The zero-order chi connectivity index (χ0) is 41.2. The van der Waals surface area contributed by atoms with Gasteiger partial charge in [-0.25, -0.2) is 0 Å². The van der Waals surface area contributed by atoms with Crippen molar-refractivity contribution in [3.05, 3.63) is 76.5 Å². The Labute approximate surface area is 354 Å². The molecule has 13 heteroatoms. The van der Waals surface area contributed by atoms with Gasteiger partial charge in [0.25, 0.3) is 5.91 Å². The molecule has 2 aromatic carbocycles. The highest BCUT2D eigenvalue weighted by Crippen LogP contribution is 2.67. The Hall–Kier alpha value is -3.43. The van der Waals surface area contributed by atoms with Crippen LogP contribution in [0.15, 0.2) is 48.6 Å². The lowest BCUT2D eigenvalue weighted by atomic mass is 9.47. The summed E-state index contributed by atoms with van der Waals surface area (Å²) in [4.78, 5) is 40.4. The minimum atomic E-state index is -2.26. The topological polar surface area (TPSA) is 162 Å². The average Bonchev–Trinajstić information content (AvgIpc) is 3.87. The fourth-order valence-electron chi connectivity index (χ4n) is 13.5. The van der Waals surface area contributed by atoms with E-state index in [0.29, 0.717) is 58.2 Å². The van der Waals surface area contributed by atoms with E-state index in [1.165, 1.54) is 7.11 Å². The van der Waals surface area contributed by atoms with Crippen molar-refractivity contribution >= 4 is 42.0 Å². The first kappa shape index (κ1) is 42.3. The maximum absolute atomic E-state index is 15.3. The molecule has 6 aliphatic rings. The summed E-state index contributed by atoms with van der Waals surface area (Å²) in [7, 11) is 3.37. The number of carbonyl (C=O) groups excluding carboxylic acids is 2. The SMILES string of the molecule is CCC1(O)CC2CN(CCc3c([nH]c4ccccc34)[C@@](C(=O)OC)(c3cc4c(cc3C)N(C)C3C45CCN4CC=C[C@](CC)(C45)[C@@H](O)[C@]3(O)C(=O)NC[C@H](C)O)C2)C1.S. The number of esters is 1. The lowest BCUT2D eigenvalue weighted by molar-refractivity contribution is -0.203. The first-order chi connectivity index (χ1) is 27.6. The monoisotopic (exact) mass is 829 g/mol. The number of anilines is 1. The van der Waals surface area contributed by atoms with E-state index in [-0.39, 0.29) is 38.0 Å². The number of amides is 1. The van der Waals surface area contributed by atoms with Crippen molar-refractivity contribution < 1.29 is 34.8 Å². The minimum absolute atomic E-state index is 0. The molecule has 1 amide bonds. The maximum Gasteiger partial charge on any atom is 0.322 e. The predicted molar refractivity (Wildman–Crippen MR) is 232 cm³/mol. The van der Waals surface area contributed by atoms with Crippen LogP contribution >= 0.6 is 13.5 Å². The van der Waals surface area contributed by atoms with Crippen LogP contribution in [0.4, 0.5) is 5.69 Å². The van der Waals surface area contributed by atoms with E-state index in [2.05, 4.69) is 50.4 Å². The van der Waals surface area contributed by atoms with E-state index in [1.54, 1.807) is 6.92 Å². The molecular weight excluding hydrogens is 767 g/mol. The van der Waals surface area contributed by atoms with Gasteiger partial charge in [-0.1, -0.05) is 50.3 Å². The van der Waals surface area contributed by atoms with Crippen LogP contribution in [0.25, 0.3) is 10.9 Å². The molecule has 1 aliphatic carbocycles. The normalized spacial score (nSPS) is 37.5. The molecule has 320 valence electrons. The summed E-state index contributed by atoms with van der Waals surface area (Å²) >= 11 is 0. The Kier molecular flexibility index (Phi) is 10.5. The number of fused-ring (bicyclic) bond motifs is 6. The number of hydrogen-bond acceptors (Lipinski definition) is 10. The summed E-state index contributed by atoms with van der Waals surface area (Å²) in [5.74, 6) is -1.12. The highest BCUT2D eigenvalue weighted by Gasteiger charge is 2.78. The van der Waals surface area contributed by atoms with Gasteiger partial charge < -0.3 is 40.4 Å². The molecule has 6 heterocycles. The van der Waals surface area contributed by atoms with Crippen molar-refractivity contribution in [2.45, 2.75) is 113 Å². The van der Waals surface area contributed by atoms with Gasteiger partial charge in [0, 0.05) is 78.9 Å². The Morgan fingerprint density at radius 2 is 1.83 bits per heavy atom. The second-order valence-electron chi connectivity index (χ2n) is 18.8. The van der Waals surface area contributed by atoms with Gasteiger partial charge in [0.2, 0.25) is 0 Å². The number of hydrogen-bond donors (Lipinski definition) is 6. The quantitative estimate of drug-likeness (QED) is 0.154. The van der Waals surface area contributed by atoms with Crippen LogP contribution < -0.4 is 10.2 Å². The van der Waals surface area contributed by atoms with Crippen LogP contribution in [0.2, 0.25) is 0 Å². The average molecular weight is 830 g/mol. The standard InChI is InChI=1S/C46H61N5O7.H2S/c1-7-42(56)22-29-23-45(41(55)58-6,36-31(14-18-50(25-29)26-42)30-12-9-10-13-34(30)48-36)32-21-33-35(20-27(32)3)49(5)38-44(33)16-19-51-17-11-15-43(8-2,37(44)51)39(53)46(38,57)40(54)47-24-28(4)52;/h9-13,15,20-21,28-29,37-39,48,52-53,56-57H,7-8,14,16-19,22-26H2,1-6H3,(H,47,54);1H2/t28-,29?,37?,38?,39+,42?,43+,44?,45-,46-;/m0./s1. The number of aromatic nitrogens is 1. The van der Waals surface area contributed by atoms with Crippen molar-refractivity contribution in [2.24, 2.45) is 11.3 Å². The molecule has 9 rings (SSSR count). The van der Waals surface area contributed by atoms with E-state index in [1.807, 2.05) is 50.9 Å². The van der Waals surface area contributed by atoms with Gasteiger partial charge in [-0.3, -0.25) is 19.4 Å². The molecule has 3 fully saturated rings. The van der Waals surface area contributed by atoms with E-state index in [9.17, 15) is 25.2 Å². The van der Waals surface area contributed by atoms with Gasteiger partial charge in [0.05, 0.1) is 24.9 Å².